The number of hydrogen-bond acceptors (Lipinski definition) is 3. The highest BCUT2D eigenvalue weighted by Gasteiger charge is 2.07. The molecule has 4 heteroatoms. The molecule has 0 spiro atoms. The van der Waals surface area contributed by atoms with Gasteiger partial charge in [-0.25, -0.2) is 4.79 Å². The lowest BCUT2D eigenvalue weighted by Crippen LogP contribution is -2.07. The average Bonchev–Trinajstić information content (AvgIpc) is 2.49. The van der Waals surface area contributed by atoms with Crippen LogP contribution in [-0.2, 0) is 4.84 Å². The fourth-order valence-corrected chi connectivity index (χ4v) is 1.93. The van der Waals surface area contributed by atoms with Crippen LogP contribution in [0.4, 0.5) is 0 Å². The topological polar surface area (TPSA) is 38.7 Å². The summed E-state index contributed by atoms with van der Waals surface area (Å²) in [6, 6.07) is 18.3. The first-order valence-electron chi connectivity index (χ1n) is 5.76. The van der Waals surface area contributed by atoms with E-state index >= 15 is 0 Å². The molecule has 0 saturated heterocycles. The quantitative estimate of drug-likeness (QED) is 0.374. The first kappa shape index (κ1) is 13.5. The summed E-state index contributed by atoms with van der Waals surface area (Å²) in [5.74, 6) is -0.463. The van der Waals surface area contributed by atoms with Crippen molar-refractivity contribution in [3.05, 3.63) is 71.8 Å². The molecule has 19 heavy (non-hydrogen) atoms. The van der Waals surface area contributed by atoms with E-state index in [1.54, 1.807) is 24.3 Å². The van der Waals surface area contributed by atoms with Gasteiger partial charge in [-0.3, -0.25) is 0 Å². The zero-order chi connectivity index (χ0) is 13.5. The van der Waals surface area contributed by atoms with E-state index in [0.717, 1.165) is 5.56 Å². The van der Waals surface area contributed by atoms with Gasteiger partial charge in [-0.1, -0.05) is 69.6 Å². The summed E-state index contributed by atoms with van der Waals surface area (Å²) < 4.78 is 0. The Morgan fingerprint density at radius 1 is 0.947 bits per heavy atom. The molecule has 0 radical (unpaired) electrons. The smallest absolute Gasteiger partial charge is 0.312 e. The van der Waals surface area contributed by atoms with Crippen LogP contribution in [0.3, 0.4) is 0 Å². The summed E-state index contributed by atoms with van der Waals surface area (Å²) in [5, 5.41) is 4.42. The number of carbonyl (C=O) groups excluding carboxylic acids is 1. The van der Waals surface area contributed by atoms with E-state index in [4.69, 9.17) is 4.84 Å². The van der Waals surface area contributed by atoms with Crippen LogP contribution in [0.2, 0.25) is 0 Å². The van der Waals surface area contributed by atoms with Crippen LogP contribution in [-0.4, -0.2) is 17.0 Å². The highest BCUT2D eigenvalue weighted by atomic mass is 79.9. The Labute approximate surface area is 120 Å². The van der Waals surface area contributed by atoms with Crippen molar-refractivity contribution in [2.75, 3.05) is 5.33 Å². The Hall–Kier alpha value is -1.94. The number of carbonyl (C=O) groups is 1. The molecule has 0 amide bonds. The van der Waals surface area contributed by atoms with Gasteiger partial charge in [-0.15, -0.1) is 0 Å². The standard InChI is InChI=1S/C15H12BrNO2/c16-11-14(12-7-3-1-4-8-12)17-19-15(18)13-9-5-2-6-10-13/h1-10H,11H2/b17-14-. The first-order chi connectivity index (χ1) is 9.31. The van der Waals surface area contributed by atoms with Crippen LogP contribution >= 0.6 is 15.9 Å². The maximum atomic E-state index is 11.8. The van der Waals surface area contributed by atoms with Crippen molar-refractivity contribution < 1.29 is 9.63 Å². The molecule has 2 aromatic carbocycles. The number of oxime groups is 1. The van der Waals surface area contributed by atoms with Crippen LogP contribution in [0.15, 0.2) is 65.8 Å². The van der Waals surface area contributed by atoms with Gasteiger partial charge in [0.2, 0.25) is 0 Å². The molecule has 0 bridgehead atoms. The predicted octanol–water partition coefficient (Wildman–Crippen LogP) is 3.64. The fraction of sp³-hybridized carbons (Fsp3) is 0.0667. The Morgan fingerprint density at radius 2 is 1.47 bits per heavy atom. The second kappa shape index (κ2) is 6.85. The maximum Gasteiger partial charge on any atom is 0.365 e. The minimum atomic E-state index is -0.463. The van der Waals surface area contributed by atoms with Gasteiger partial charge in [0.1, 0.15) is 0 Å². The number of hydrogen-bond donors (Lipinski definition) is 0. The Kier molecular flexibility index (Phi) is 4.86. The Bertz CT molecular complexity index is 567. The third-order valence-corrected chi connectivity index (χ3v) is 3.01. The number of nitrogens with zero attached hydrogens (tertiary/aromatic N) is 1. The minimum absolute atomic E-state index is 0.463. The van der Waals surface area contributed by atoms with Crippen LogP contribution in [0.5, 0.6) is 0 Å². The van der Waals surface area contributed by atoms with Crippen molar-refractivity contribution in [1.29, 1.82) is 0 Å². The van der Waals surface area contributed by atoms with E-state index in [0.29, 0.717) is 16.6 Å². The molecule has 0 N–H and O–H groups in total. The van der Waals surface area contributed by atoms with E-state index in [-0.39, 0.29) is 0 Å². The lowest BCUT2D eigenvalue weighted by molar-refractivity contribution is 0.0516. The van der Waals surface area contributed by atoms with Gasteiger partial charge in [-0.2, -0.15) is 0 Å². The van der Waals surface area contributed by atoms with Crippen molar-refractivity contribution in [2.45, 2.75) is 0 Å². The lowest BCUT2D eigenvalue weighted by atomic mass is 10.1. The van der Waals surface area contributed by atoms with Crippen molar-refractivity contribution in [3.8, 4) is 0 Å². The summed E-state index contributed by atoms with van der Waals surface area (Å²) >= 11 is 3.34. The van der Waals surface area contributed by atoms with Crippen molar-refractivity contribution >= 4 is 27.6 Å². The third kappa shape index (κ3) is 3.76. The van der Waals surface area contributed by atoms with Crippen LogP contribution in [0.25, 0.3) is 0 Å². The van der Waals surface area contributed by atoms with E-state index in [1.807, 2.05) is 36.4 Å². The highest BCUT2D eigenvalue weighted by molar-refractivity contribution is 9.09. The van der Waals surface area contributed by atoms with E-state index in [9.17, 15) is 4.79 Å². The predicted molar refractivity (Wildman–Crippen MR) is 78.6 cm³/mol. The molecule has 3 nitrogen and oxygen atoms in total. The molecule has 0 aliphatic carbocycles. The summed E-state index contributed by atoms with van der Waals surface area (Å²) in [6.45, 7) is 0. The lowest BCUT2D eigenvalue weighted by Gasteiger charge is -2.02. The summed E-state index contributed by atoms with van der Waals surface area (Å²) in [7, 11) is 0. The number of rotatable bonds is 4. The molecule has 0 atom stereocenters. The molecule has 0 fully saturated rings. The zero-order valence-corrected chi connectivity index (χ0v) is 11.7. The highest BCUT2D eigenvalue weighted by Crippen LogP contribution is 2.06. The zero-order valence-electron chi connectivity index (χ0n) is 10.1. The summed E-state index contributed by atoms with van der Waals surface area (Å²) in [4.78, 5) is 16.7. The maximum absolute atomic E-state index is 11.8. The average molecular weight is 318 g/mol. The number of halogens is 1. The second-order valence-corrected chi connectivity index (χ2v) is 4.34. The van der Waals surface area contributed by atoms with Gasteiger partial charge in [0.25, 0.3) is 0 Å². The molecule has 0 aromatic heterocycles. The molecule has 2 aromatic rings. The van der Waals surface area contributed by atoms with Gasteiger partial charge >= 0.3 is 5.97 Å². The van der Waals surface area contributed by atoms with Crippen LogP contribution in [0, 0.1) is 0 Å². The van der Waals surface area contributed by atoms with E-state index < -0.39 is 5.97 Å². The SMILES string of the molecule is O=C(O/N=C(/CBr)c1ccccc1)c1ccccc1. The van der Waals surface area contributed by atoms with Crippen molar-refractivity contribution in [2.24, 2.45) is 5.16 Å². The van der Waals surface area contributed by atoms with Crippen molar-refractivity contribution in [1.82, 2.24) is 0 Å². The largest absolute Gasteiger partial charge is 0.365 e. The molecule has 0 heterocycles. The molecule has 0 saturated carbocycles. The Morgan fingerprint density at radius 3 is 2.00 bits per heavy atom. The van der Waals surface area contributed by atoms with Crippen LogP contribution in [0.1, 0.15) is 15.9 Å². The van der Waals surface area contributed by atoms with Gasteiger partial charge in [0, 0.05) is 10.9 Å². The third-order valence-electron chi connectivity index (χ3n) is 2.48. The number of alkyl halides is 1. The molecular formula is C15H12BrNO2. The molecular weight excluding hydrogens is 306 g/mol. The van der Waals surface area contributed by atoms with Gasteiger partial charge in [0.15, 0.2) is 0 Å². The minimum Gasteiger partial charge on any atom is -0.312 e. The summed E-state index contributed by atoms with van der Waals surface area (Å²) in [6.07, 6.45) is 0. The van der Waals surface area contributed by atoms with Crippen molar-refractivity contribution in [3.63, 3.8) is 0 Å². The Balaban J connectivity index is 2.11. The fourth-order valence-electron chi connectivity index (χ4n) is 1.51. The monoisotopic (exact) mass is 317 g/mol. The second-order valence-electron chi connectivity index (χ2n) is 3.78. The first-order valence-corrected chi connectivity index (χ1v) is 6.88. The molecule has 0 aliphatic rings. The van der Waals surface area contributed by atoms with E-state index in [1.165, 1.54) is 0 Å². The normalized spacial score (nSPS) is 11.1. The molecule has 2 rings (SSSR count). The summed E-state index contributed by atoms with van der Waals surface area (Å²) in [5.41, 5.74) is 2.07. The molecule has 96 valence electrons. The van der Waals surface area contributed by atoms with Crippen LogP contribution < -0.4 is 0 Å². The molecule has 0 aliphatic heterocycles. The van der Waals surface area contributed by atoms with Gasteiger partial charge in [-0.05, 0) is 12.1 Å². The number of benzene rings is 2. The van der Waals surface area contributed by atoms with Gasteiger partial charge < -0.3 is 4.84 Å². The van der Waals surface area contributed by atoms with E-state index in [2.05, 4.69) is 21.1 Å². The van der Waals surface area contributed by atoms with Gasteiger partial charge in [0.05, 0.1) is 11.3 Å². The molecule has 0 unspecified atom stereocenters.